The van der Waals surface area contributed by atoms with Crippen molar-refractivity contribution in [3.8, 4) is 11.5 Å². The molecule has 0 saturated carbocycles. The Morgan fingerprint density at radius 3 is 2.48 bits per heavy atom. The minimum absolute atomic E-state index is 0.202. The van der Waals surface area contributed by atoms with Gasteiger partial charge in [-0.2, -0.15) is 0 Å². The second kappa shape index (κ2) is 11.8. The van der Waals surface area contributed by atoms with Crippen LogP contribution in [0.15, 0.2) is 60.7 Å². The monoisotopic (exact) mass is 576 g/mol. The van der Waals surface area contributed by atoms with E-state index in [4.69, 9.17) is 18.9 Å². The number of rotatable bonds is 8. The molecule has 0 spiro atoms. The summed E-state index contributed by atoms with van der Waals surface area (Å²) >= 11 is 0. The molecule has 1 fully saturated rings. The third kappa shape index (κ3) is 5.40. The van der Waals surface area contributed by atoms with Crippen LogP contribution in [-0.4, -0.2) is 62.5 Å². The van der Waals surface area contributed by atoms with Crippen LogP contribution < -0.4 is 9.47 Å². The summed E-state index contributed by atoms with van der Waals surface area (Å²) in [6, 6.07) is 16.2. The minimum Gasteiger partial charge on any atom is -0.497 e. The highest BCUT2D eigenvalue weighted by molar-refractivity contribution is 6.04. The SMILES string of the molecule is COc1ccc2c3c(n(C(=O)c4ccc(F)cc4)c2c1)CCN(CCOc1cc(F)cc(C2(OC)CCOCC2)c1)C3. The maximum atomic E-state index is 14.6. The molecule has 0 bridgehead atoms. The van der Waals surface area contributed by atoms with Gasteiger partial charge in [-0.05, 0) is 59.7 Å². The van der Waals surface area contributed by atoms with Gasteiger partial charge in [-0.1, -0.05) is 0 Å². The van der Waals surface area contributed by atoms with Gasteiger partial charge >= 0.3 is 0 Å². The molecule has 1 saturated heterocycles. The molecule has 42 heavy (non-hydrogen) atoms. The van der Waals surface area contributed by atoms with E-state index in [0.29, 0.717) is 69.2 Å². The maximum absolute atomic E-state index is 14.6. The Kier molecular flexibility index (Phi) is 7.98. The minimum atomic E-state index is -0.579. The molecule has 2 aliphatic rings. The Morgan fingerprint density at radius 2 is 1.74 bits per heavy atom. The summed E-state index contributed by atoms with van der Waals surface area (Å²) in [5.74, 6) is 0.177. The van der Waals surface area contributed by atoms with Crippen LogP contribution in [0.3, 0.4) is 0 Å². The molecule has 7 nitrogen and oxygen atoms in total. The predicted molar refractivity (Wildman–Crippen MR) is 154 cm³/mol. The number of aromatic nitrogens is 1. The number of ether oxygens (including phenoxy) is 4. The van der Waals surface area contributed by atoms with Gasteiger partial charge in [0.2, 0.25) is 0 Å². The molecule has 0 amide bonds. The average molecular weight is 577 g/mol. The van der Waals surface area contributed by atoms with Gasteiger partial charge in [0, 0.05) is 88.0 Å². The summed E-state index contributed by atoms with van der Waals surface area (Å²) < 4.78 is 52.8. The van der Waals surface area contributed by atoms with E-state index in [0.717, 1.165) is 34.3 Å². The lowest BCUT2D eigenvalue weighted by atomic mass is 9.86. The van der Waals surface area contributed by atoms with Crippen molar-refractivity contribution in [2.45, 2.75) is 31.4 Å². The Hall–Kier alpha value is -3.79. The fourth-order valence-corrected chi connectivity index (χ4v) is 6.18. The van der Waals surface area contributed by atoms with E-state index in [1.165, 1.54) is 36.4 Å². The van der Waals surface area contributed by atoms with Crippen LogP contribution in [-0.2, 0) is 28.0 Å². The van der Waals surface area contributed by atoms with Crippen LogP contribution in [0.1, 0.15) is 40.0 Å². The van der Waals surface area contributed by atoms with E-state index < -0.39 is 5.60 Å². The predicted octanol–water partition coefficient (Wildman–Crippen LogP) is 5.71. The number of hydrogen-bond acceptors (Lipinski definition) is 6. The molecule has 220 valence electrons. The number of carbonyl (C=O) groups is 1. The van der Waals surface area contributed by atoms with Gasteiger partial charge in [-0.25, -0.2) is 8.78 Å². The Bertz CT molecular complexity index is 1590. The number of hydrogen-bond donors (Lipinski definition) is 0. The van der Waals surface area contributed by atoms with E-state index >= 15 is 0 Å². The first-order chi connectivity index (χ1) is 20.4. The van der Waals surface area contributed by atoms with Crippen LogP contribution in [0, 0.1) is 11.6 Å². The maximum Gasteiger partial charge on any atom is 0.262 e. The molecule has 2 aliphatic heterocycles. The second-order valence-electron chi connectivity index (χ2n) is 10.8. The second-order valence-corrected chi connectivity index (χ2v) is 10.8. The van der Waals surface area contributed by atoms with Crippen molar-refractivity contribution in [2.75, 3.05) is 47.1 Å². The van der Waals surface area contributed by atoms with E-state index in [1.807, 2.05) is 24.3 Å². The van der Waals surface area contributed by atoms with E-state index in [-0.39, 0.29) is 17.5 Å². The third-order valence-corrected chi connectivity index (χ3v) is 8.49. The fourth-order valence-electron chi connectivity index (χ4n) is 6.18. The molecule has 0 atom stereocenters. The first kappa shape index (κ1) is 28.3. The van der Waals surface area contributed by atoms with Crippen LogP contribution in [0.25, 0.3) is 10.9 Å². The zero-order chi connectivity index (χ0) is 29.3. The van der Waals surface area contributed by atoms with Crippen LogP contribution in [0.4, 0.5) is 8.78 Å². The summed E-state index contributed by atoms with van der Waals surface area (Å²) in [6.45, 7) is 3.49. The molecular formula is C33H34F2N2O5. The zero-order valence-electron chi connectivity index (χ0n) is 23.8. The smallest absolute Gasteiger partial charge is 0.262 e. The Labute approximate surface area is 243 Å². The molecule has 1 aromatic heterocycles. The Balaban J connectivity index is 1.20. The van der Waals surface area contributed by atoms with Crippen molar-refractivity contribution >= 4 is 16.8 Å². The lowest BCUT2D eigenvalue weighted by Gasteiger charge is -2.36. The van der Waals surface area contributed by atoms with Gasteiger partial charge in [0.05, 0.1) is 18.2 Å². The van der Waals surface area contributed by atoms with E-state index in [1.54, 1.807) is 18.8 Å². The quantitative estimate of drug-likeness (QED) is 0.268. The summed E-state index contributed by atoms with van der Waals surface area (Å²) in [5.41, 5.74) is 3.38. The molecule has 6 rings (SSSR count). The molecule has 0 N–H and O–H groups in total. The number of benzene rings is 3. The number of carbonyl (C=O) groups excluding carboxylic acids is 1. The molecule has 3 heterocycles. The zero-order valence-corrected chi connectivity index (χ0v) is 23.8. The highest BCUT2D eigenvalue weighted by Gasteiger charge is 2.35. The van der Waals surface area contributed by atoms with Crippen LogP contribution in [0.5, 0.6) is 11.5 Å². The summed E-state index contributed by atoms with van der Waals surface area (Å²) in [6.07, 6.45) is 1.97. The number of halogens is 2. The molecular weight excluding hydrogens is 542 g/mol. The van der Waals surface area contributed by atoms with Crippen LogP contribution >= 0.6 is 0 Å². The average Bonchev–Trinajstić information content (AvgIpc) is 3.34. The fraction of sp³-hybridized carbons (Fsp3) is 0.364. The topological polar surface area (TPSA) is 62.2 Å². The van der Waals surface area contributed by atoms with Gasteiger partial charge in [-0.3, -0.25) is 14.3 Å². The third-order valence-electron chi connectivity index (χ3n) is 8.49. The molecule has 9 heteroatoms. The van der Waals surface area contributed by atoms with Gasteiger partial charge in [-0.15, -0.1) is 0 Å². The van der Waals surface area contributed by atoms with Crippen molar-refractivity contribution in [3.63, 3.8) is 0 Å². The molecule has 0 unspecified atom stereocenters. The van der Waals surface area contributed by atoms with Crippen molar-refractivity contribution in [2.24, 2.45) is 0 Å². The summed E-state index contributed by atoms with van der Waals surface area (Å²) in [4.78, 5) is 15.9. The van der Waals surface area contributed by atoms with E-state index in [9.17, 15) is 13.6 Å². The molecule has 0 aliphatic carbocycles. The normalized spacial score (nSPS) is 16.8. The number of methoxy groups -OCH3 is 2. The van der Waals surface area contributed by atoms with Crippen molar-refractivity contribution < 1.29 is 32.5 Å². The van der Waals surface area contributed by atoms with Gasteiger partial charge in [0.1, 0.15) is 29.7 Å². The standard InChI is InChI=1S/C33H34F2N2O5/c1-39-26-7-8-28-29-21-36(12-9-30(29)37(31(28)20-26)32(38)22-3-5-24(34)6-4-22)13-16-42-27-18-23(17-25(35)19-27)33(40-2)10-14-41-15-11-33/h3-8,17-20H,9-16,21H2,1-2H3. The molecule has 3 aromatic carbocycles. The lowest BCUT2D eigenvalue weighted by molar-refractivity contribution is -0.0950. The number of nitrogens with zero attached hydrogens (tertiary/aromatic N) is 2. The summed E-state index contributed by atoms with van der Waals surface area (Å²) in [5, 5.41) is 0.975. The summed E-state index contributed by atoms with van der Waals surface area (Å²) in [7, 11) is 3.25. The number of fused-ring (bicyclic) bond motifs is 3. The van der Waals surface area contributed by atoms with Gasteiger partial charge in [0.25, 0.3) is 5.91 Å². The highest BCUT2D eigenvalue weighted by Crippen LogP contribution is 2.38. The van der Waals surface area contributed by atoms with Crippen LogP contribution in [0.2, 0.25) is 0 Å². The molecule has 4 aromatic rings. The molecule has 0 radical (unpaired) electrons. The highest BCUT2D eigenvalue weighted by atomic mass is 19.1. The van der Waals surface area contributed by atoms with Crippen molar-refractivity contribution in [1.29, 1.82) is 0 Å². The Morgan fingerprint density at radius 1 is 0.952 bits per heavy atom. The van der Waals surface area contributed by atoms with Crippen molar-refractivity contribution in [1.82, 2.24) is 9.47 Å². The van der Waals surface area contributed by atoms with Crippen molar-refractivity contribution in [3.05, 3.63) is 94.7 Å². The first-order valence-corrected chi connectivity index (χ1v) is 14.2. The van der Waals surface area contributed by atoms with Gasteiger partial charge in [0.15, 0.2) is 0 Å². The van der Waals surface area contributed by atoms with E-state index in [2.05, 4.69) is 4.90 Å². The van der Waals surface area contributed by atoms with Gasteiger partial charge < -0.3 is 18.9 Å². The largest absolute Gasteiger partial charge is 0.497 e. The lowest BCUT2D eigenvalue weighted by Crippen LogP contribution is -2.36. The first-order valence-electron chi connectivity index (χ1n) is 14.2.